The van der Waals surface area contributed by atoms with Crippen LogP contribution in [0, 0.1) is 6.92 Å². The molecule has 1 N–H and O–H groups in total. The number of thiophene rings is 1. The van der Waals surface area contributed by atoms with Gasteiger partial charge in [0.15, 0.2) is 0 Å². The van der Waals surface area contributed by atoms with Crippen LogP contribution in [0.25, 0.3) is 10.2 Å². The summed E-state index contributed by atoms with van der Waals surface area (Å²) in [5.41, 5.74) is 2.90. The lowest BCUT2D eigenvalue weighted by Crippen LogP contribution is -2.05. The summed E-state index contributed by atoms with van der Waals surface area (Å²) in [6.45, 7) is 4.15. The number of hydrogen-bond donors (Lipinski definition) is 1. The maximum atomic E-state index is 12.7. The van der Waals surface area contributed by atoms with Crippen LogP contribution in [0.4, 0.5) is 11.5 Å². The van der Waals surface area contributed by atoms with Crippen molar-refractivity contribution in [2.75, 3.05) is 11.9 Å². The first-order chi connectivity index (χ1) is 15.6. The molecule has 162 valence electrons. The van der Waals surface area contributed by atoms with Crippen LogP contribution in [-0.2, 0) is 16.1 Å². The Labute approximate surface area is 189 Å². The quantitative estimate of drug-likeness (QED) is 0.386. The fourth-order valence-electron chi connectivity index (χ4n) is 3.19. The van der Waals surface area contributed by atoms with Crippen molar-refractivity contribution in [3.05, 3.63) is 82.5 Å². The Morgan fingerprint density at radius 3 is 2.44 bits per heavy atom. The maximum absolute atomic E-state index is 12.7. The minimum absolute atomic E-state index is 0.205. The zero-order chi connectivity index (χ0) is 22.5. The molecule has 0 saturated carbocycles. The molecule has 0 aliphatic rings. The third kappa shape index (κ3) is 4.60. The van der Waals surface area contributed by atoms with Crippen molar-refractivity contribution in [3.8, 4) is 0 Å². The van der Waals surface area contributed by atoms with Gasteiger partial charge in [0, 0.05) is 5.69 Å². The molecule has 4 rings (SSSR count). The number of esters is 2. The third-order valence-corrected chi connectivity index (χ3v) is 5.96. The lowest BCUT2D eigenvalue weighted by atomic mass is 10.2. The summed E-state index contributed by atoms with van der Waals surface area (Å²) in [5.74, 6) is -0.176. The summed E-state index contributed by atoms with van der Waals surface area (Å²) in [7, 11) is 0. The Morgan fingerprint density at radius 1 is 0.969 bits per heavy atom. The molecule has 2 aromatic carbocycles. The molecule has 0 spiro atoms. The molecule has 4 aromatic rings. The molecule has 8 heteroatoms. The van der Waals surface area contributed by atoms with Crippen molar-refractivity contribution < 1.29 is 19.1 Å². The molecule has 2 aromatic heterocycles. The minimum Gasteiger partial charge on any atom is -0.462 e. The molecule has 2 heterocycles. The third-order valence-electron chi connectivity index (χ3n) is 4.78. The molecule has 0 aliphatic heterocycles. The van der Waals surface area contributed by atoms with Gasteiger partial charge in [-0.05, 0) is 49.2 Å². The Morgan fingerprint density at radius 2 is 1.72 bits per heavy atom. The number of benzene rings is 2. The number of nitrogens with zero attached hydrogens (tertiary/aromatic N) is 2. The van der Waals surface area contributed by atoms with Crippen molar-refractivity contribution in [2.24, 2.45) is 0 Å². The van der Waals surface area contributed by atoms with Crippen LogP contribution in [0.2, 0.25) is 0 Å². The highest BCUT2D eigenvalue weighted by Gasteiger charge is 2.20. The van der Waals surface area contributed by atoms with Gasteiger partial charge in [0.05, 0.1) is 17.6 Å². The zero-order valence-electron chi connectivity index (χ0n) is 17.6. The van der Waals surface area contributed by atoms with Crippen molar-refractivity contribution in [2.45, 2.75) is 20.5 Å². The summed E-state index contributed by atoms with van der Waals surface area (Å²) in [6.07, 6.45) is 1.45. The van der Waals surface area contributed by atoms with Gasteiger partial charge in [-0.15, -0.1) is 11.3 Å². The number of nitrogens with one attached hydrogen (secondary N) is 1. The second kappa shape index (κ2) is 9.57. The number of fused-ring (bicyclic) bond motifs is 1. The number of carbonyl (C=O) groups is 2. The van der Waals surface area contributed by atoms with Gasteiger partial charge < -0.3 is 14.8 Å². The van der Waals surface area contributed by atoms with Crippen molar-refractivity contribution in [3.63, 3.8) is 0 Å². The number of hydrogen-bond acceptors (Lipinski definition) is 8. The zero-order valence-corrected chi connectivity index (χ0v) is 18.4. The van der Waals surface area contributed by atoms with Gasteiger partial charge in [-0.2, -0.15) is 0 Å². The predicted octanol–water partition coefficient (Wildman–Crippen LogP) is 5.28. The van der Waals surface area contributed by atoms with Crippen molar-refractivity contribution >= 4 is 45.0 Å². The van der Waals surface area contributed by atoms with E-state index in [0.29, 0.717) is 27.7 Å². The first-order valence-corrected chi connectivity index (χ1v) is 10.9. The molecule has 0 aliphatic carbocycles. The van der Waals surface area contributed by atoms with Crippen LogP contribution < -0.4 is 5.32 Å². The Kier molecular flexibility index (Phi) is 6.42. The lowest BCUT2D eigenvalue weighted by molar-refractivity contribution is 0.0476. The lowest BCUT2D eigenvalue weighted by Gasteiger charge is -2.08. The smallest absolute Gasteiger partial charge is 0.349 e. The molecule has 0 radical (unpaired) electrons. The summed E-state index contributed by atoms with van der Waals surface area (Å²) in [6, 6.07) is 16.5. The molecule has 0 saturated heterocycles. The van der Waals surface area contributed by atoms with E-state index in [0.717, 1.165) is 22.2 Å². The molecule has 0 atom stereocenters. The van der Waals surface area contributed by atoms with E-state index in [4.69, 9.17) is 9.47 Å². The van der Waals surface area contributed by atoms with Gasteiger partial charge >= 0.3 is 11.9 Å². The van der Waals surface area contributed by atoms with Crippen LogP contribution in [0.5, 0.6) is 0 Å². The highest BCUT2D eigenvalue weighted by atomic mass is 32.1. The molecule has 7 nitrogen and oxygen atoms in total. The van der Waals surface area contributed by atoms with E-state index in [1.165, 1.54) is 17.7 Å². The fourth-order valence-corrected chi connectivity index (χ4v) is 4.23. The fraction of sp³-hybridized carbons (Fsp3) is 0.167. The maximum Gasteiger partial charge on any atom is 0.349 e. The van der Waals surface area contributed by atoms with Gasteiger partial charge in [-0.3, -0.25) is 0 Å². The highest BCUT2D eigenvalue weighted by molar-refractivity contribution is 7.20. The molecule has 0 fully saturated rings. The van der Waals surface area contributed by atoms with E-state index in [9.17, 15) is 9.59 Å². The molecular formula is C24H21N3O4S. The number of anilines is 2. The second-order valence-electron chi connectivity index (χ2n) is 6.94. The van der Waals surface area contributed by atoms with Crippen LogP contribution in [0.3, 0.4) is 0 Å². The summed E-state index contributed by atoms with van der Waals surface area (Å²) >= 11 is 1.28. The molecule has 0 amide bonds. The number of aromatic nitrogens is 2. The van der Waals surface area contributed by atoms with E-state index in [1.54, 1.807) is 31.2 Å². The topological polar surface area (TPSA) is 90.4 Å². The highest BCUT2D eigenvalue weighted by Crippen LogP contribution is 2.35. The SMILES string of the molecule is CCOC(=O)c1ccc(Nc2ncnc3sc(C(=O)OCc4ccccc4)c(C)c23)cc1. The number of ether oxygens (including phenoxy) is 2. The predicted molar refractivity (Wildman–Crippen MR) is 123 cm³/mol. The summed E-state index contributed by atoms with van der Waals surface area (Å²) < 4.78 is 10.5. The normalized spacial score (nSPS) is 10.7. The van der Waals surface area contributed by atoms with E-state index >= 15 is 0 Å². The molecule has 32 heavy (non-hydrogen) atoms. The van der Waals surface area contributed by atoms with Gasteiger partial charge in [0.25, 0.3) is 0 Å². The second-order valence-corrected chi connectivity index (χ2v) is 7.94. The first-order valence-electron chi connectivity index (χ1n) is 10.1. The molecule has 0 bridgehead atoms. The largest absolute Gasteiger partial charge is 0.462 e. The average Bonchev–Trinajstić information content (AvgIpc) is 3.16. The Hall–Kier alpha value is -3.78. The molecular weight excluding hydrogens is 426 g/mol. The van der Waals surface area contributed by atoms with E-state index < -0.39 is 0 Å². The summed E-state index contributed by atoms with van der Waals surface area (Å²) in [4.78, 5) is 34.4. The number of rotatable bonds is 7. The minimum atomic E-state index is -0.390. The number of aryl methyl sites for hydroxylation is 1. The Bertz CT molecular complexity index is 1250. The van der Waals surface area contributed by atoms with Crippen molar-refractivity contribution in [1.29, 1.82) is 0 Å². The first kappa shape index (κ1) is 21.5. The van der Waals surface area contributed by atoms with E-state index in [2.05, 4.69) is 15.3 Å². The van der Waals surface area contributed by atoms with Crippen LogP contribution in [0.15, 0.2) is 60.9 Å². The van der Waals surface area contributed by atoms with Gasteiger partial charge in [0.1, 0.15) is 28.5 Å². The van der Waals surface area contributed by atoms with Crippen LogP contribution >= 0.6 is 11.3 Å². The van der Waals surface area contributed by atoms with Gasteiger partial charge in [-0.1, -0.05) is 30.3 Å². The molecule has 0 unspecified atom stereocenters. The van der Waals surface area contributed by atoms with Crippen LogP contribution in [-0.4, -0.2) is 28.5 Å². The summed E-state index contributed by atoms with van der Waals surface area (Å²) in [5, 5.41) is 4.01. The Balaban J connectivity index is 1.55. The van der Waals surface area contributed by atoms with Crippen LogP contribution in [0.1, 0.15) is 38.1 Å². The van der Waals surface area contributed by atoms with E-state index in [1.807, 2.05) is 37.3 Å². The average molecular weight is 448 g/mol. The van der Waals surface area contributed by atoms with Gasteiger partial charge in [-0.25, -0.2) is 19.6 Å². The van der Waals surface area contributed by atoms with E-state index in [-0.39, 0.29) is 18.5 Å². The van der Waals surface area contributed by atoms with Crippen molar-refractivity contribution in [1.82, 2.24) is 9.97 Å². The standard InChI is InChI=1S/C24H21N3O4S/c1-3-30-23(28)17-9-11-18(12-10-17)27-21-19-15(2)20(32-22(19)26-14-25-21)24(29)31-13-16-7-5-4-6-8-16/h4-12,14H,3,13H2,1-2H3,(H,25,26,27). The number of carbonyl (C=O) groups excluding carboxylic acids is 2. The monoisotopic (exact) mass is 447 g/mol. The van der Waals surface area contributed by atoms with Gasteiger partial charge in [0.2, 0.25) is 0 Å².